The third-order valence-electron chi connectivity index (χ3n) is 4.76. The van der Waals surface area contributed by atoms with Gasteiger partial charge in [0, 0.05) is 6.54 Å². The molecule has 116 valence electrons. The molecule has 0 aromatic heterocycles. The second kappa shape index (κ2) is 5.17. The zero-order valence-electron chi connectivity index (χ0n) is 12.8. The molecule has 1 atom stereocenters. The summed E-state index contributed by atoms with van der Waals surface area (Å²) < 4.78 is 0. The summed E-state index contributed by atoms with van der Waals surface area (Å²) in [4.78, 5) is 25.4. The Bertz CT molecular complexity index is 949. The molecule has 1 unspecified atom stereocenters. The van der Waals surface area contributed by atoms with Gasteiger partial charge < -0.3 is 4.90 Å². The summed E-state index contributed by atoms with van der Waals surface area (Å²) in [5.41, 5.74) is 0.197. The largest absolute Gasteiger partial charge is 0.323 e. The summed E-state index contributed by atoms with van der Waals surface area (Å²) >= 11 is 0. The summed E-state index contributed by atoms with van der Waals surface area (Å²) in [5.74, 6) is -1.09. The number of carbonyl (C=O) groups is 2. The lowest BCUT2D eigenvalue weighted by molar-refractivity contribution is -0.156. The van der Waals surface area contributed by atoms with Crippen molar-refractivity contribution in [2.45, 2.75) is 12.1 Å². The zero-order valence-corrected chi connectivity index (χ0v) is 12.8. The van der Waals surface area contributed by atoms with Crippen LogP contribution in [-0.4, -0.2) is 22.1 Å². The second-order valence-corrected chi connectivity index (χ2v) is 6.12. The van der Waals surface area contributed by atoms with Crippen LogP contribution in [0.2, 0.25) is 0 Å². The lowest BCUT2D eigenvalue weighted by Gasteiger charge is -2.52. The van der Waals surface area contributed by atoms with Gasteiger partial charge >= 0.3 is 0 Å². The van der Waals surface area contributed by atoms with E-state index in [2.05, 4.69) is 12.1 Å². The summed E-state index contributed by atoms with van der Waals surface area (Å²) in [6.07, 6.45) is 6.21. The Morgan fingerprint density at radius 2 is 1.75 bits per heavy atom. The minimum Gasteiger partial charge on any atom is -0.323 e. The van der Waals surface area contributed by atoms with Crippen LogP contribution in [-0.2, 0) is 16.1 Å². The predicted octanol–water partition coefficient (Wildman–Crippen LogP) is 2.76. The van der Waals surface area contributed by atoms with E-state index >= 15 is 0 Å². The van der Waals surface area contributed by atoms with E-state index in [0.717, 1.165) is 16.3 Å². The number of nitrogens with zero attached hydrogens (tertiary/aromatic N) is 2. The number of fused-ring (bicyclic) bond motifs is 1. The highest BCUT2D eigenvalue weighted by Crippen LogP contribution is 2.42. The van der Waals surface area contributed by atoms with Gasteiger partial charge in [-0.1, -0.05) is 36.4 Å². The maximum Gasteiger partial charge on any atom is 0.244 e. The normalized spacial score (nSPS) is 21.1. The molecule has 1 spiro atoms. The molecule has 0 radical (unpaired) electrons. The quantitative estimate of drug-likeness (QED) is 0.801. The Kier molecular flexibility index (Phi) is 3.10. The minimum absolute atomic E-state index is 0.123. The van der Waals surface area contributed by atoms with Crippen LogP contribution in [0.4, 0.5) is 0 Å². The molecule has 0 bridgehead atoms. The van der Waals surface area contributed by atoms with Crippen LogP contribution in [0.5, 0.6) is 0 Å². The summed E-state index contributed by atoms with van der Waals surface area (Å²) in [6.45, 7) is 0.407. The molecule has 4 rings (SSSR count). The fourth-order valence-corrected chi connectivity index (χ4v) is 3.44. The fourth-order valence-electron chi connectivity index (χ4n) is 3.44. The fraction of sp³-hybridized carbons (Fsp3) is 0.150. The van der Waals surface area contributed by atoms with Crippen molar-refractivity contribution < 1.29 is 9.59 Å². The van der Waals surface area contributed by atoms with E-state index in [1.54, 1.807) is 17.1 Å². The van der Waals surface area contributed by atoms with E-state index in [1.807, 2.05) is 36.4 Å². The number of carbonyl (C=O) groups excluding carboxylic acids is 2. The van der Waals surface area contributed by atoms with Crippen LogP contribution in [0, 0.1) is 17.2 Å². The molecule has 4 heteroatoms. The molecule has 24 heavy (non-hydrogen) atoms. The number of rotatable bonds is 2. The highest BCUT2D eigenvalue weighted by atomic mass is 16.2. The Morgan fingerprint density at radius 1 is 1.04 bits per heavy atom. The van der Waals surface area contributed by atoms with Crippen LogP contribution in [0.1, 0.15) is 5.56 Å². The summed E-state index contributed by atoms with van der Waals surface area (Å²) in [5, 5.41) is 11.6. The lowest BCUT2D eigenvalue weighted by Crippen LogP contribution is -2.68. The Balaban J connectivity index is 1.68. The van der Waals surface area contributed by atoms with E-state index in [-0.39, 0.29) is 11.7 Å². The van der Waals surface area contributed by atoms with Crippen molar-refractivity contribution in [1.29, 1.82) is 5.26 Å². The maximum absolute atomic E-state index is 12.4. The maximum atomic E-state index is 12.4. The molecular weight excluding hydrogens is 300 g/mol. The molecule has 0 N–H and O–H groups in total. The van der Waals surface area contributed by atoms with Crippen LogP contribution in [0.25, 0.3) is 10.8 Å². The molecule has 1 fully saturated rings. The summed E-state index contributed by atoms with van der Waals surface area (Å²) in [7, 11) is 0. The van der Waals surface area contributed by atoms with Crippen molar-refractivity contribution in [1.82, 2.24) is 4.90 Å². The van der Waals surface area contributed by atoms with Crippen LogP contribution < -0.4 is 0 Å². The first-order valence-electron chi connectivity index (χ1n) is 7.75. The smallest absolute Gasteiger partial charge is 0.244 e. The zero-order chi connectivity index (χ0) is 16.7. The Labute approximate surface area is 139 Å². The molecule has 1 heterocycles. The number of benzene rings is 2. The van der Waals surface area contributed by atoms with Gasteiger partial charge in [0.25, 0.3) is 0 Å². The van der Waals surface area contributed by atoms with Crippen molar-refractivity contribution in [2.75, 3.05) is 0 Å². The highest BCUT2D eigenvalue weighted by Gasteiger charge is 2.58. The molecule has 2 aromatic rings. The molecule has 1 aliphatic carbocycles. The Morgan fingerprint density at radius 3 is 2.46 bits per heavy atom. The number of hydrogen-bond donors (Lipinski definition) is 0. The van der Waals surface area contributed by atoms with Gasteiger partial charge in [-0.3, -0.25) is 9.59 Å². The van der Waals surface area contributed by atoms with Crippen molar-refractivity contribution in [3.63, 3.8) is 0 Å². The molecule has 1 saturated heterocycles. The average molecular weight is 314 g/mol. The topological polar surface area (TPSA) is 61.2 Å². The van der Waals surface area contributed by atoms with Crippen LogP contribution in [0.3, 0.4) is 0 Å². The van der Waals surface area contributed by atoms with Gasteiger partial charge in [0.2, 0.25) is 5.91 Å². The first kappa shape index (κ1) is 14.4. The van der Waals surface area contributed by atoms with Gasteiger partial charge in [-0.25, -0.2) is 0 Å². The van der Waals surface area contributed by atoms with Gasteiger partial charge in [0.05, 0.1) is 6.07 Å². The molecule has 1 amide bonds. The molecule has 0 saturated carbocycles. The third-order valence-corrected chi connectivity index (χ3v) is 4.76. The summed E-state index contributed by atoms with van der Waals surface area (Å²) in [6, 6.07) is 16.2. The number of ketones is 1. The number of allylic oxidation sites excluding steroid dienone is 2. The molecular formula is C20H14N2O2. The molecule has 2 aromatic carbocycles. The van der Waals surface area contributed by atoms with Crippen molar-refractivity contribution in [3.8, 4) is 6.07 Å². The molecule has 1 aliphatic heterocycles. The van der Waals surface area contributed by atoms with Gasteiger partial charge in [-0.05, 0) is 46.7 Å². The van der Waals surface area contributed by atoms with Gasteiger partial charge in [0.15, 0.2) is 11.7 Å². The molecule has 4 nitrogen and oxygen atoms in total. The lowest BCUT2D eigenvalue weighted by atomic mass is 9.71. The number of β-lactam (4-membered cyclic amide) rings is 1. The van der Waals surface area contributed by atoms with E-state index in [1.165, 1.54) is 12.2 Å². The number of hydrogen-bond acceptors (Lipinski definition) is 3. The van der Waals surface area contributed by atoms with E-state index in [0.29, 0.717) is 6.54 Å². The monoisotopic (exact) mass is 314 g/mol. The van der Waals surface area contributed by atoms with Crippen LogP contribution in [0.15, 0.2) is 66.8 Å². The number of likely N-dealkylation sites (tertiary alicyclic amines) is 1. The average Bonchev–Trinajstić information content (AvgIpc) is 2.61. The minimum atomic E-state index is -0.800. The van der Waals surface area contributed by atoms with E-state index in [9.17, 15) is 14.9 Å². The number of amides is 1. The van der Waals surface area contributed by atoms with Crippen molar-refractivity contribution in [3.05, 3.63) is 72.3 Å². The SMILES string of the molecule is N#CC1C(=O)N(Cc2ccc3ccccc3c2)C12C=CC(=O)C=C2. The van der Waals surface area contributed by atoms with Crippen LogP contribution >= 0.6 is 0 Å². The van der Waals surface area contributed by atoms with Crippen molar-refractivity contribution >= 4 is 22.5 Å². The first-order chi connectivity index (χ1) is 11.6. The van der Waals surface area contributed by atoms with Gasteiger partial charge in [0.1, 0.15) is 5.54 Å². The second-order valence-electron chi connectivity index (χ2n) is 6.12. The van der Waals surface area contributed by atoms with E-state index in [4.69, 9.17) is 0 Å². The van der Waals surface area contributed by atoms with Gasteiger partial charge in [-0.15, -0.1) is 0 Å². The standard InChI is InChI=1S/C20H14N2O2/c21-12-18-19(24)22(20(18)9-7-17(23)8-10-20)13-14-5-6-15-3-1-2-4-16(15)11-14/h1-11,18H,13H2. The van der Waals surface area contributed by atoms with Gasteiger partial charge in [-0.2, -0.15) is 5.26 Å². The van der Waals surface area contributed by atoms with E-state index < -0.39 is 11.5 Å². The number of nitriles is 1. The van der Waals surface area contributed by atoms with Crippen molar-refractivity contribution in [2.24, 2.45) is 5.92 Å². The highest BCUT2D eigenvalue weighted by molar-refractivity contribution is 6.03. The first-order valence-corrected chi connectivity index (χ1v) is 7.75. The Hall–Kier alpha value is -3.19. The third kappa shape index (κ3) is 1.99. The predicted molar refractivity (Wildman–Crippen MR) is 89.6 cm³/mol. The molecule has 2 aliphatic rings.